The Morgan fingerprint density at radius 1 is 1.12 bits per heavy atom. The van der Waals surface area contributed by atoms with Crippen LogP contribution in [0.15, 0.2) is 30.5 Å². The zero-order valence-electron chi connectivity index (χ0n) is 14.9. The average Bonchev–Trinajstić information content (AvgIpc) is 2.55. The fraction of sp³-hybridized carbons (Fsp3) is 0.333. The van der Waals surface area contributed by atoms with E-state index in [9.17, 15) is 4.79 Å². The molecule has 0 radical (unpaired) electrons. The van der Waals surface area contributed by atoms with Crippen LogP contribution in [0.2, 0.25) is 5.02 Å². The minimum atomic E-state index is -0.317. The minimum absolute atomic E-state index is 0.218. The third-order valence-electron chi connectivity index (χ3n) is 3.24. The first-order valence-electron chi connectivity index (χ1n) is 7.70. The Balaban J connectivity index is 2.20. The van der Waals surface area contributed by atoms with Gasteiger partial charge >= 0.3 is 0 Å². The second-order valence-electron chi connectivity index (χ2n) is 6.45. The molecule has 0 aliphatic heterocycles. The lowest BCUT2D eigenvalue weighted by Crippen LogP contribution is -2.40. The molecule has 25 heavy (non-hydrogen) atoms. The fourth-order valence-electron chi connectivity index (χ4n) is 2.12. The predicted molar refractivity (Wildman–Crippen MR) is 99.3 cm³/mol. The Hall–Kier alpha value is -2.47. The molecule has 0 bridgehead atoms. The first-order chi connectivity index (χ1) is 11.7. The average molecular weight is 364 g/mol. The molecule has 1 aromatic carbocycles. The number of hydrogen-bond donors (Lipinski definition) is 2. The lowest BCUT2D eigenvalue weighted by molar-refractivity contribution is 0.0914. The molecular weight excluding hydrogens is 342 g/mol. The minimum Gasteiger partial charge on any atom is -0.495 e. The number of anilines is 2. The normalized spacial score (nSPS) is 11.0. The van der Waals surface area contributed by atoms with Crippen molar-refractivity contribution in [1.82, 2.24) is 10.3 Å². The number of amides is 1. The van der Waals surface area contributed by atoms with E-state index in [1.807, 2.05) is 20.8 Å². The van der Waals surface area contributed by atoms with E-state index in [2.05, 4.69) is 15.6 Å². The molecule has 2 aromatic rings. The van der Waals surface area contributed by atoms with E-state index in [0.29, 0.717) is 33.6 Å². The van der Waals surface area contributed by atoms with Gasteiger partial charge in [0.2, 0.25) is 0 Å². The summed E-state index contributed by atoms with van der Waals surface area (Å²) >= 11 is 6.10. The topological polar surface area (TPSA) is 72.5 Å². The first-order valence-corrected chi connectivity index (χ1v) is 8.08. The van der Waals surface area contributed by atoms with E-state index >= 15 is 0 Å². The molecule has 1 heterocycles. The molecule has 0 aliphatic carbocycles. The summed E-state index contributed by atoms with van der Waals surface area (Å²) in [7, 11) is 3.10. The van der Waals surface area contributed by atoms with E-state index < -0.39 is 0 Å². The van der Waals surface area contributed by atoms with Crippen molar-refractivity contribution in [2.75, 3.05) is 19.5 Å². The van der Waals surface area contributed by atoms with Crippen molar-refractivity contribution in [2.45, 2.75) is 26.3 Å². The molecule has 0 aliphatic rings. The summed E-state index contributed by atoms with van der Waals surface area (Å²) in [6.07, 6.45) is 1.58. The van der Waals surface area contributed by atoms with Crippen molar-refractivity contribution in [1.29, 1.82) is 0 Å². The number of carbonyl (C=O) groups excluding carboxylic acids is 1. The molecule has 1 aromatic heterocycles. The summed E-state index contributed by atoms with van der Waals surface area (Å²) < 4.78 is 10.6. The zero-order chi connectivity index (χ0) is 18.6. The number of halogens is 1. The van der Waals surface area contributed by atoms with Gasteiger partial charge in [0.25, 0.3) is 5.91 Å². The molecule has 134 valence electrons. The third kappa shape index (κ3) is 5.00. The molecule has 2 rings (SSSR count). The van der Waals surface area contributed by atoms with E-state index in [4.69, 9.17) is 21.1 Å². The Kier molecular flexibility index (Phi) is 5.74. The number of pyridine rings is 1. The number of benzene rings is 1. The predicted octanol–water partition coefficient (Wildman–Crippen LogP) is 4.02. The van der Waals surface area contributed by atoms with Crippen molar-refractivity contribution >= 4 is 28.9 Å². The molecule has 6 nitrogen and oxygen atoms in total. The Morgan fingerprint density at radius 2 is 1.80 bits per heavy atom. The Morgan fingerprint density at radius 3 is 2.32 bits per heavy atom. The number of ether oxygens (including phenoxy) is 2. The molecule has 0 spiro atoms. The van der Waals surface area contributed by atoms with Gasteiger partial charge in [0.15, 0.2) is 0 Å². The van der Waals surface area contributed by atoms with Gasteiger partial charge < -0.3 is 20.1 Å². The van der Waals surface area contributed by atoms with Crippen molar-refractivity contribution < 1.29 is 14.3 Å². The van der Waals surface area contributed by atoms with Gasteiger partial charge in [-0.2, -0.15) is 0 Å². The molecule has 0 atom stereocenters. The van der Waals surface area contributed by atoms with Crippen LogP contribution in [0, 0.1) is 0 Å². The summed E-state index contributed by atoms with van der Waals surface area (Å²) in [5.74, 6) is 0.879. The number of nitrogens with one attached hydrogen (secondary N) is 2. The van der Waals surface area contributed by atoms with Crippen LogP contribution in [0.1, 0.15) is 31.3 Å². The summed E-state index contributed by atoms with van der Waals surface area (Å²) in [5.41, 5.74) is 1.41. The maximum absolute atomic E-state index is 12.1. The van der Waals surface area contributed by atoms with Gasteiger partial charge in [-0.3, -0.25) is 4.79 Å². The van der Waals surface area contributed by atoms with Crippen LogP contribution in [-0.4, -0.2) is 30.6 Å². The molecule has 0 fully saturated rings. The van der Waals surface area contributed by atoms with Crippen molar-refractivity contribution in [3.63, 3.8) is 0 Å². The van der Waals surface area contributed by atoms with Crippen LogP contribution in [0.4, 0.5) is 11.4 Å². The summed E-state index contributed by atoms with van der Waals surface area (Å²) in [4.78, 5) is 16.3. The Bertz CT molecular complexity index is 755. The van der Waals surface area contributed by atoms with Crippen molar-refractivity contribution in [2.24, 2.45) is 0 Å². The van der Waals surface area contributed by atoms with Gasteiger partial charge in [0.05, 0.1) is 36.8 Å². The second-order valence-corrected chi connectivity index (χ2v) is 6.86. The SMILES string of the molecule is COc1cc(Nc2ccc(C(=O)NC(C)(C)C)nc2)c(OC)cc1Cl. The number of aromatic nitrogens is 1. The van der Waals surface area contributed by atoms with Crippen LogP contribution in [0.3, 0.4) is 0 Å². The number of nitrogens with zero attached hydrogens (tertiary/aromatic N) is 1. The summed E-state index contributed by atoms with van der Waals surface area (Å²) in [6, 6.07) is 6.83. The lowest BCUT2D eigenvalue weighted by atomic mass is 10.1. The van der Waals surface area contributed by atoms with Crippen LogP contribution in [0.25, 0.3) is 0 Å². The monoisotopic (exact) mass is 363 g/mol. The van der Waals surface area contributed by atoms with E-state index in [0.717, 1.165) is 0 Å². The van der Waals surface area contributed by atoms with Gasteiger partial charge in [0.1, 0.15) is 17.2 Å². The van der Waals surface area contributed by atoms with Gasteiger partial charge in [-0.1, -0.05) is 11.6 Å². The number of methoxy groups -OCH3 is 2. The van der Waals surface area contributed by atoms with Gasteiger partial charge in [-0.25, -0.2) is 4.98 Å². The molecule has 0 saturated carbocycles. The smallest absolute Gasteiger partial charge is 0.270 e. The van der Waals surface area contributed by atoms with Crippen molar-refractivity contribution in [3.05, 3.63) is 41.2 Å². The number of carbonyl (C=O) groups is 1. The molecule has 2 N–H and O–H groups in total. The van der Waals surface area contributed by atoms with Crippen LogP contribution < -0.4 is 20.1 Å². The lowest BCUT2D eigenvalue weighted by Gasteiger charge is -2.20. The first kappa shape index (κ1) is 18.9. The number of rotatable bonds is 5. The van der Waals surface area contributed by atoms with E-state index in [1.165, 1.54) is 0 Å². The van der Waals surface area contributed by atoms with Crippen LogP contribution in [-0.2, 0) is 0 Å². The summed E-state index contributed by atoms with van der Waals surface area (Å²) in [5, 5.41) is 6.51. The van der Waals surface area contributed by atoms with Gasteiger partial charge in [0, 0.05) is 17.7 Å². The van der Waals surface area contributed by atoms with E-state index in [-0.39, 0.29) is 11.4 Å². The van der Waals surface area contributed by atoms with Gasteiger partial charge in [-0.05, 0) is 32.9 Å². The molecule has 0 unspecified atom stereocenters. The highest BCUT2D eigenvalue weighted by atomic mass is 35.5. The molecule has 0 saturated heterocycles. The largest absolute Gasteiger partial charge is 0.495 e. The van der Waals surface area contributed by atoms with E-state index in [1.54, 1.807) is 44.7 Å². The Labute approximate surface area is 152 Å². The van der Waals surface area contributed by atoms with Crippen LogP contribution in [0.5, 0.6) is 11.5 Å². The van der Waals surface area contributed by atoms with Crippen LogP contribution >= 0.6 is 11.6 Å². The number of hydrogen-bond acceptors (Lipinski definition) is 5. The highest BCUT2D eigenvalue weighted by Crippen LogP contribution is 2.37. The maximum Gasteiger partial charge on any atom is 0.270 e. The zero-order valence-corrected chi connectivity index (χ0v) is 15.7. The highest BCUT2D eigenvalue weighted by molar-refractivity contribution is 6.32. The third-order valence-corrected chi connectivity index (χ3v) is 3.53. The molecule has 7 heteroatoms. The standard InChI is InChI=1S/C18H22ClN3O3/c1-18(2,3)22-17(23)13-7-6-11(10-20-13)21-14-9-15(24-4)12(19)8-16(14)25-5/h6-10,21H,1-5H3,(H,22,23). The van der Waals surface area contributed by atoms with Gasteiger partial charge in [-0.15, -0.1) is 0 Å². The quantitative estimate of drug-likeness (QED) is 0.839. The van der Waals surface area contributed by atoms with Crippen molar-refractivity contribution in [3.8, 4) is 11.5 Å². The maximum atomic E-state index is 12.1. The fourth-order valence-corrected chi connectivity index (χ4v) is 2.35. The summed E-state index contributed by atoms with van der Waals surface area (Å²) in [6.45, 7) is 5.75. The second kappa shape index (κ2) is 7.61. The molecule has 1 amide bonds. The highest BCUT2D eigenvalue weighted by Gasteiger charge is 2.16. The molecular formula is C18H22ClN3O3.